The Morgan fingerprint density at radius 1 is 1.00 bits per heavy atom. The van der Waals surface area contributed by atoms with Gasteiger partial charge in [-0.3, -0.25) is 9.36 Å². The first kappa shape index (κ1) is 18.1. The number of nitrogens with zero attached hydrogens (tertiary/aromatic N) is 3. The number of amides is 2. The monoisotopic (exact) mass is 367 g/mol. The Balaban J connectivity index is 1.92. The average molecular weight is 367 g/mol. The van der Waals surface area contributed by atoms with Crippen LogP contribution in [-0.2, 0) is 11.3 Å². The van der Waals surface area contributed by atoms with Gasteiger partial charge in [0.05, 0.1) is 13.2 Å². The largest absolute Gasteiger partial charge is 0.494 e. The maximum Gasteiger partial charge on any atom is 0.452 e. The summed E-state index contributed by atoms with van der Waals surface area (Å²) in [6, 6.07) is 13.6. The number of hydrogen-bond donors (Lipinski definition) is 2. The van der Waals surface area contributed by atoms with Gasteiger partial charge in [0.15, 0.2) is 0 Å². The minimum absolute atomic E-state index is 0.112. The SMILES string of the molecule is CCOC(=O)N=NC(=O)c1ccc2c(O)n(Cc3ccccc3)c(O)c2c1. The molecule has 1 heterocycles. The van der Waals surface area contributed by atoms with Gasteiger partial charge in [-0.05, 0) is 30.7 Å². The Labute approximate surface area is 154 Å². The molecule has 0 radical (unpaired) electrons. The molecule has 0 saturated carbocycles. The molecule has 0 fully saturated rings. The van der Waals surface area contributed by atoms with Crippen molar-refractivity contribution in [1.29, 1.82) is 0 Å². The number of azo groups is 1. The number of fused-ring (bicyclic) bond motifs is 1. The molecule has 8 nitrogen and oxygen atoms in total. The van der Waals surface area contributed by atoms with Gasteiger partial charge in [-0.1, -0.05) is 40.6 Å². The Hall–Kier alpha value is -3.68. The first-order valence-corrected chi connectivity index (χ1v) is 8.22. The highest BCUT2D eigenvalue weighted by molar-refractivity contribution is 6.02. The minimum Gasteiger partial charge on any atom is -0.494 e. The number of hydrogen-bond acceptors (Lipinski definition) is 5. The molecule has 0 unspecified atom stereocenters. The molecule has 0 saturated heterocycles. The van der Waals surface area contributed by atoms with Crippen molar-refractivity contribution < 1.29 is 24.5 Å². The first-order valence-electron chi connectivity index (χ1n) is 8.22. The molecule has 8 heteroatoms. The van der Waals surface area contributed by atoms with Crippen LogP contribution in [-0.4, -0.2) is 33.4 Å². The second-order valence-corrected chi connectivity index (χ2v) is 5.68. The van der Waals surface area contributed by atoms with Crippen molar-refractivity contribution in [3.63, 3.8) is 0 Å². The molecule has 0 aliphatic rings. The van der Waals surface area contributed by atoms with Crippen LogP contribution in [0, 0.1) is 0 Å². The summed E-state index contributed by atoms with van der Waals surface area (Å²) in [7, 11) is 0. The van der Waals surface area contributed by atoms with Crippen LogP contribution in [0.4, 0.5) is 4.79 Å². The summed E-state index contributed by atoms with van der Waals surface area (Å²) in [5, 5.41) is 28.1. The third-order valence-corrected chi connectivity index (χ3v) is 3.93. The molecular weight excluding hydrogens is 350 g/mol. The number of carbonyl (C=O) groups excluding carboxylic acids is 2. The number of carbonyl (C=O) groups is 2. The van der Waals surface area contributed by atoms with Gasteiger partial charge in [-0.2, -0.15) is 0 Å². The lowest BCUT2D eigenvalue weighted by atomic mass is 10.1. The van der Waals surface area contributed by atoms with Crippen molar-refractivity contribution in [3.8, 4) is 11.8 Å². The molecule has 2 amide bonds. The summed E-state index contributed by atoms with van der Waals surface area (Å²) in [6.07, 6.45) is -0.957. The molecule has 3 aromatic rings. The highest BCUT2D eigenvalue weighted by Crippen LogP contribution is 2.37. The second-order valence-electron chi connectivity index (χ2n) is 5.68. The van der Waals surface area contributed by atoms with Crippen molar-refractivity contribution in [3.05, 3.63) is 59.7 Å². The third-order valence-electron chi connectivity index (χ3n) is 3.93. The molecule has 0 spiro atoms. The normalized spacial score (nSPS) is 11.1. The van der Waals surface area contributed by atoms with Gasteiger partial charge in [0.1, 0.15) is 0 Å². The molecule has 138 valence electrons. The van der Waals surface area contributed by atoms with Gasteiger partial charge < -0.3 is 14.9 Å². The van der Waals surface area contributed by atoms with Crippen LogP contribution in [0.5, 0.6) is 11.8 Å². The molecule has 1 aromatic heterocycles. The molecule has 0 bridgehead atoms. The van der Waals surface area contributed by atoms with Crippen LogP contribution in [0.25, 0.3) is 10.8 Å². The number of aromatic nitrogens is 1. The Kier molecular flexibility index (Phi) is 5.16. The molecular formula is C19H17N3O5. The standard InChI is InChI=1S/C19H17N3O5/c1-2-27-19(26)21-20-16(23)13-8-9-14-15(10-13)18(25)22(17(14)24)11-12-6-4-3-5-7-12/h3-10,24-25H,2,11H2,1H3. The van der Waals surface area contributed by atoms with Gasteiger partial charge in [-0.25, -0.2) is 4.79 Å². The van der Waals surface area contributed by atoms with Crippen LogP contribution in [0.3, 0.4) is 0 Å². The lowest BCUT2D eigenvalue weighted by Gasteiger charge is -2.06. The van der Waals surface area contributed by atoms with E-state index in [4.69, 9.17) is 0 Å². The summed E-state index contributed by atoms with van der Waals surface area (Å²) in [4.78, 5) is 23.2. The maximum atomic E-state index is 12.1. The summed E-state index contributed by atoms with van der Waals surface area (Å²) >= 11 is 0. The summed E-state index contributed by atoms with van der Waals surface area (Å²) in [6.45, 7) is 2.00. The average Bonchev–Trinajstić information content (AvgIpc) is 2.91. The van der Waals surface area contributed by atoms with E-state index in [1.807, 2.05) is 30.3 Å². The van der Waals surface area contributed by atoms with Gasteiger partial charge in [0, 0.05) is 16.3 Å². The lowest BCUT2D eigenvalue weighted by Crippen LogP contribution is -1.99. The Morgan fingerprint density at radius 3 is 2.41 bits per heavy atom. The maximum absolute atomic E-state index is 12.1. The molecule has 2 N–H and O–H groups in total. The zero-order valence-electron chi connectivity index (χ0n) is 14.5. The Morgan fingerprint density at radius 2 is 1.70 bits per heavy atom. The van der Waals surface area contributed by atoms with E-state index in [0.29, 0.717) is 10.8 Å². The van der Waals surface area contributed by atoms with E-state index >= 15 is 0 Å². The van der Waals surface area contributed by atoms with Crippen LogP contribution in [0.15, 0.2) is 58.8 Å². The fraction of sp³-hybridized carbons (Fsp3) is 0.158. The number of ether oxygens (including phenoxy) is 1. The van der Waals surface area contributed by atoms with E-state index in [2.05, 4.69) is 15.0 Å². The molecule has 0 atom stereocenters. The van der Waals surface area contributed by atoms with E-state index in [-0.39, 0.29) is 30.5 Å². The first-order chi connectivity index (χ1) is 13.0. The van der Waals surface area contributed by atoms with Crippen LogP contribution in [0.2, 0.25) is 0 Å². The van der Waals surface area contributed by atoms with Crippen LogP contribution < -0.4 is 0 Å². The van der Waals surface area contributed by atoms with E-state index in [1.165, 1.54) is 22.8 Å². The molecule has 3 rings (SSSR count). The molecule has 0 aliphatic carbocycles. The van der Waals surface area contributed by atoms with Gasteiger partial charge in [0.25, 0.3) is 5.91 Å². The quantitative estimate of drug-likeness (QED) is 0.680. The summed E-state index contributed by atoms with van der Waals surface area (Å²) in [5.74, 6) is -1.05. The topological polar surface area (TPSA) is 113 Å². The summed E-state index contributed by atoms with van der Waals surface area (Å²) < 4.78 is 5.91. The summed E-state index contributed by atoms with van der Waals surface area (Å²) in [5.41, 5.74) is 1.01. The number of benzene rings is 2. The zero-order valence-corrected chi connectivity index (χ0v) is 14.5. The van der Waals surface area contributed by atoms with E-state index in [0.717, 1.165) is 5.56 Å². The highest BCUT2D eigenvalue weighted by atomic mass is 16.5. The third kappa shape index (κ3) is 3.79. The van der Waals surface area contributed by atoms with Gasteiger partial charge in [0.2, 0.25) is 11.8 Å². The molecule has 27 heavy (non-hydrogen) atoms. The van der Waals surface area contributed by atoms with Crippen molar-refractivity contribution >= 4 is 22.8 Å². The second kappa shape index (κ2) is 7.69. The fourth-order valence-electron chi connectivity index (χ4n) is 2.66. The van der Waals surface area contributed by atoms with Gasteiger partial charge in [-0.15, -0.1) is 0 Å². The predicted molar refractivity (Wildman–Crippen MR) is 97.0 cm³/mol. The minimum atomic E-state index is -0.957. The number of aromatic hydroxyl groups is 2. The highest BCUT2D eigenvalue weighted by Gasteiger charge is 2.18. The van der Waals surface area contributed by atoms with Crippen molar-refractivity contribution in [2.24, 2.45) is 10.2 Å². The predicted octanol–water partition coefficient (Wildman–Crippen LogP) is 3.85. The molecule has 0 aliphatic heterocycles. The smallest absolute Gasteiger partial charge is 0.452 e. The molecule has 2 aromatic carbocycles. The van der Waals surface area contributed by atoms with Crippen LogP contribution in [0.1, 0.15) is 22.8 Å². The van der Waals surface area contributed by atoms with Crippen molar-refractivity contribution in [1.82, 2.24) is 4.57 Å². The van der Waals surface area contributed by atoms with E-state index in [1.54, 1.807) is 6.92 Å². The van der Waals surface area contributed by atoms with E-state index < -0.39 is 12.0 Å². The van der Waals surface area contributed by atoms with Crippen molar-refractivity contribution in [2.45, 2.75) is 13.5 Å². The van der Waals surface area contributed by atoms with Crippen LogP contribution >= 0.6 is 0 Å². The fourth-order valence-corrected chi connectivity index (χ4v) is 2.66. The number of rotatable bonds is 4. The zero-order chi connectivity index (χ0) is 19.4. The lowest BCUT2D eigenvalue weighted by molar-refractivity contribution is 0.0988. The van der Waals surface area contributed by atoms with Gasteiger partial charge >= 0.3 is 6.09 Å². The Bertz CT molecular complexity index is 1020. The van der Waals surface area contributed by atoms with Crippen molar-refractivity contribution in [2.75, 3.05) is 6.61 Å². The van der Waals surface area contributed by atoms with E-state index in [9.17, 15) is 19.8 Å².